The SMILES string of the molecule is NC1CCC1c1ccc(F)c(F)c1. The maximum atomic E-state index is 12.8. The second-order valence-electron chi connectivity index (χ2n) is 3.52. The van der Waals surface area contributed by atoms with Crippen LogP contribution in [0.3, 0.4) is 0 Å². The van der Waals surface area contributed by atoms with Crippen molar-refractivity contribution in [3.63, 3.8) is 0 Å². The molecule has 70 valence electrons. The summed E-state index contributed by atoms with van der Waals surface area (Å²) in [7, 11) is 0. The summed E-state index contributed by atoms with van der Waals surface area (Å²) in [4.78, 5) is 0. The molecule has 3 heteroatoms. The van der Waals surface area contributed by atoms with E-state index >= 15 is 0 Å². The summed E-state index contributed by atoms with van der Waals surface area (Å²) in [5.74, 6) is -1.36. The van der Waals surface area contributed by atoms with E-state index in [2.05, 4.69) is 0 Å². The predicted octanol–water partition coefficient (Wildman–Crippen LogP) is 2.17. The fourth-order valence-corrected chi connectivity index (χ4v) is 1.68. The quantitative estimate of drug-likeness (QED) is 0.709. The molecule has 0 saturated heterocycles. The zero-order valence-corrected chi connectivity index (χ0v) is 7.13. The summed E-state index contributed by atoms with van der Waals surface area (Å²) in [6, 6.07) is 4.14. The largest absolute Gasteiger partial charge is 0.327 e. The van der Waals surface area contributed by atoms with Crippen LogP contribution < -0.4 is 5.73 Å². The van der Waals surface area contributed by atoms with Crippen LogP contribution in [-0.4, -0.2) is 6.04 Å². The Morgan fingerprint density at radius 1 is 1.15 bits per heavy atom. The van der Waals surface area contributed by atoms with E-state index < -0.39 is 11.6 Å². The minimum absolute atomic E-state index is 0.116. The monoisotopic (exact) mass is 183 g/mol. The van der Waals surface area contributed by atoms with Gasteiger partial charge in [-0.1, -0.05) is 6.07 Å². The molecule has 1 aromatic carbocycles. The number of rotatable bonds is 1. The van der Waals surface area contributed by atoms with Gasteiger partial charge >= 0.3 is 0 Å². The minimum Gasteiger partial charge on any atom is -0.327 e. The smallest absolute Gasteiger partial charge is 0.159 e. The molecule has 2 unspecified atom stereocenters. The molecule has 2 atom stereocenters. The van der Waals surface area contributed by atoms with Gasteiger partial charge in [0.25, 0.3) is 0 Å². The Morgan fingerprint density at radius 2 is 1.92 bits per heavy atom. The zero-order valence-electron chi connectivity index (χ0n) is 7.13. The normalized spacial score (nSPS) is 27.0. The summed E-state index contributed by atoms with van der Waals surface area (Å²) < 4.78 is 25.4. The fourth-order valence-electron chi connectivity index (χ4n) is 1.68. The van der Waals surface area contributed by atoms with E-state index in [1.165, 1.54) is 6.07 Å². The standard InChI is InChI=1S/C10H11F2N/c11-8-3-1-6(5-9(8)12)7-2-4-10(7)13/h1,3,5,7,10H,2,4,13H2. The molecule has 0 amide bonds. The van der Waals surface area contributed by atoms with E-state index in [9.17, 15) is 8.78 Å². The van der Waals surface area contributed by atoms with Gasteiger partial charge in [-0.3, -0.25) is 0 Å². The van der Waals surface area contributed by atoms with Gasteiger partial charge in [0.15, 0.2) is 11.6 Å². The molecule has 0 aromatic heterocycles. The molecule has 2 rings (SSSR count). The lowest BCUT2D eigenvalue weighted by Crippen LogP contribution is -2.37. The van der Waals surface area contributed by atoms with Gasteiger partial charge in [-0.05, 0) is 36.5 Å². The number of halogens is 2. The highest BCUT2D eigenvalue weighted by Crippen LogP contribution is 2.35. The lowest BCUT2D eigenvalue weighted by molar-refractivity contribution is 0.345. The highest BCUT2D eigenvalue weighted by Gasteiger charge is 2.29. The molecule has 0 heterocycles. The Labute approximate surface area is 75.6 Å². The van der Waals surface area contributed by atoms with Crippen LogP contribution in [0.5, 0.6) is 0 Å². The minimum atomic E-state index is -0.795. The first-order valence-corrected chi connectivity index (χ1v) is 4.39. The van der Waals surface area contributed by atoms with Crippen molar-refractivity contribution in [1.29, 1.82) is 0 Å². The van der Waals surface area contributed by atoms with E-state index in [1.807, 2.05) is 0 Å². The molecule has 0 bridgehead atoms. The molecular weight excluding hydrogens is 172 g/mol. The molecule has 1 nitrogen and oxygen atoms in total. The maximum Gasteiger partial charge on any atom is 0.159 e. The van der Waals surface area contributed by atoms with Crippen molar-refractivity contribution < 1.29 is 8.78 Å². The molecule has 2 N–H and O–H groups in total. The van der Waals surface area contributed by atoms with Crippen molar-refractivity contribution in [3.05, 3.63) is 35.4 Å². The molecule has 1 aliphatic rings. The zero-order chi connectivity index (χ0) is 9.42. The third-order valence-electron chi connectivity index (χ3n) is 2.70. The summed E-state index contributed by atoms with van der Waals surface area (Å²) in [5.41, 5.74) is 6.54. The van der Waals surface area contributed by atoms with Crippen molar-refractivity contribution in [2.24, 2.45) is 5.73 Å². The lowest BCUT2D eigenvalue weighted by Gasteiger charge is -2.33. The van der Waals surface area contributed by atoms with Crippen molar-refractivity contribution >= 4 is 0 Å². The molecule has 1 aliphatic carbocycles. The number of benzene rings is 1. The van der Waals surface area contributed by atoms with Crippen LogP contribution in [-0.2, 0) is 0 Å². The molecule has 0 aliphatic heterocycles. The van der Waals surface area contributed by atoms with Crippen LogP contribution in [0.15, 0.2) is 18.2 Å². The molecular formula is C10H11F2N. The number of hydrogen-bond acceptors (Lipinski definition) is 1. The molecule has 1 fully saturated rings. The van der Waals surface area contributed by atoms with Gasteiger partial charge in [0, 0.05) is 6.04 Å². The van der Waals surface area contributed by atoms with Crippen molar-refractivity contribution in [1.82, 2.24) is 0 Å². The first-order valence-electron chi connectivity index (χ1n) is 4.39. The van der Waals surface area contributed by atoms with Crippen LogP contribution in [0, 0.1) is 11.6 Å². The highest BCUT2D eigenvalue weighted by atomic mass is 19.2. The van der Waals surface area contributed by atoms with Gasteiger partial charge in [0.05, 0.1) is 0 Å². The summed E-state index contributed by atoms with van der Waals surface area (Å²) >= 11 is 0. The summed E-state index contributed by atoms with van der Waals surface area (Å²) in [5, 5.41) is 0. The Kier molecular flexibility index (Phi) is 2.04. The molecule has 13 heavy (non-hydrogen) atoms. The van der Waals surface area contributed by atoms with E-state index in [0.717, 1.165) is 24.5 Å². The maximum absolute atomic E-state index is 12.8. The first kappa shape index (κ1) is 8.63. The molecule has 0 radical (unpaired) electrons. The first-order chi connectivity index (χ1) is 6.18. The average Bonchev–Trinajstić information content (AvgIpc) is 2.09. The van der Waals surface area contributed by atoms with Crippen LogP contribution >= 0.6 is 0 Å². The van der Waals surface area contributed by atoms with E-state index in [0.29, 0.717) is 0 Å². The topological polar surface area (TPSA) is 26.0 Å². The second kappa shape index (κ2) is 3.07. The molecule has 1 saturated carbocycles. The van der Waals surface area contributed by atoms with E-state index in [4.69, 9.17) is 5.73 Å². The van der Waals surface area contributed by atoms with Gasteiger partial charge in [0.1, 0.15) is 0 Å². The van der Waals surface area contributed by atoms with Gasteiger partial charge in [-0.15, -0.1) is 0 Å². The Hall–Kier alpha value is -0.960. The fraction of sp³-hybridized carbons (Fsp3) is 0.400. The Bertz CT molecular complexity index is 325. The second-order valence-corrected chi connectivity index (χ2v) is 3.52. The summed E-state index contributed by atoms with van der Waals surface area (Å²) in [6.07, 6.45) is 1.95. The van der Waals surface area contributed by atoms with Crippen molar-refractivity contribution in [2.45, 2.75) is 24.8 Å². The Morgan fingerprint density at radius 3 is 2.38 bits per heavy atom. The van der Waals surface area contributed by atoms with Crippen LogP contribution in [0.4, 0.5) is 8.78 Å². The van der Waals surface area contributed by atoms with E-state index in [1.54, 1.807) is 6.07 Å². The number of hydrogen-bond donors (Lipinski definition) is 1. The molecule has 0 spiro atoms. The predicted molar refractivity (Wildman–Crippen MR) is 46.3 cm³/mol. The van der Waals surface area contributed by atoms with E-state index in [-0.39, 0.29) is 12.0 Å². The lowest BCUT2D eigenvalue weighted by atomic mass is 9.76. The van der Waals surface area contributed by atoms with Gasteiger partial charge in [0.2, 0.25) is 0 Å². The van der Waals surface area contributed by atoms with Crippen LogP contribution in [0.2, 0.25) is 0 Å². The summed E-state index contributed by atoms with van der Waals surface area (Å²) in [6.45, 7) is 0. The highest BCUT2D eigenvalue weighted by molar-refractivity contribution is 5.25. The van der Waals surface area contributed by atoms with Crippen molar-refractivity contribution in [2.75, 3.05) is 0 Å². The van der Waals surface area contributed by atoms with Gasteiger partial charge in [-0.2, -0.15) is 0 Å². The third kappa shape index (κ3) is 1.44. The average molecular weight is 183 g/mol. The van der Waals surface area contributed by atoms with Crippen LogP contribution in [0.25, 0.3) is 0 Å². The molecule has 1 aromatic rings. The van der Waals surface area contributed by atoms with Crippen molar-refractivity contribution in [3.8, 4) is 0 Å². The number of nitrogens with two attached hydrogens (primary N) is 1. The third-order valence-corrected chi connectivity index (χ3v) is 2.70. The van der Waals surface area contributed by atoms with Gasteiger partial charge in [-0.25, -0.2) is 8.78 Å². The van der Waals surface area contributed by atoms with Gasteiger partial charge < -0.3 is 5.73 Å². The Balaban J connectivity index is 2.26. The van der Waals surface area contributed by atoms with Crippen LogP contribution in [0.1, 0.15) is 24.3 Å².